The lowest BCUT2D eigenvalue weighted by molar-refractivity contribution is -0.0852. The number of nitrogens with zero attached hydrogens (tertiary/aromatic N) is 1. The summed E-state index contributed by atoms with van der Waals surface area (Å²) < 4.78 is 5.70. The highest BCUT2D eigenvalue weighted by Crippen LogP contribution is 2.34. The van der Waals surface area contributed by atoms with Gasteiger partial charge in [-0.25, -0.2) is 4.79 Å². The molecule has 0 bridgehead atoms. The Morgan fingerprint density at radius 3 is 3.08 bits per heavy atom. The van der Waals surface area contributed by atoms with E-state index in [1.807, 2.05) is 12.1 Å². The van der Waals surface area contributed by atoms with Gasteiger partial charge in [0.25, 0.3) is 0 Å². The molecule has 138 valence electrons. The molecule has 1 aliphatic heterocycles. The van der Waals surface area contributed by atoms with E-state index in [0.29, 0.717) is 12.3 Å². The predicted molar refractivity (Wildman–Crippen MR) is 96.8 cm³/mol. The monoisotopic (exact) mass is 347 g/mol. The number of phenolic OH excluding ortho intramolecular Hbond substituents is 1. The zero-order chi connectivity index (χ0) is 17.9. The van der Waals surface area contributed by atoms with Crippen LogP contribution in [0.1, 0.15) is 43.9 Å². The summed E-state index contributed by atoms with van der Waals surface area (Å²) in [6.45, 7) is 8.14. The first-order chi connectivity index (χ1) is 11.9. The topological polar surface area (TPSA) is 73.8 Å². The lowest BCUT2D eigenvalue weighted by Gasteiger charge is -2.38. The van der Waals surface area contributed by atoms with Gasteiger partial charge < -0.3 is 20.5 Å². The van der Waals surface area contributed by atoms with E-state index >= 15 is 0 Å². The Labute approximate surface area is 149 Å². The summed E-state index contributed by atoms with van der Waals surface area (Å²) in [7, 11) is 0. The molecular weight excluding hydrogens is 318 g/mol. The second kappa shape index (κ2) is 7.62. The Morgan fingerprint density at radius 2 is 2.28 bits per heavy atom. The van der Waals surface area contributed by atoms with E-state index in [1.165, 1.54) is 0 Å². The van der Waals surface area contributed by atoms with Crippen LogP contribution in [0.2, 0.25) is 0 Å². The van der Waals surface area contributed by atoms with Crippen molar-refractivity contribution in [2.45, 2.75) is 44.8 Å². The molecule has 0 aromatic heterocycles. The number of fused-ring (bicyclic) bond motifs is 1. The first kappa shape index (κ1) is 18.0. The number of benzene rings is 1. The number of amides is 2. The van der Waals surface area contributed by atoms with E-state index < -0.39 is 0 Å². The van der Waals surface area contributed by atoms with Gasteiger partial charge in [-0.3, -0.25) is 4.90 Å². The van der Waals surface area contributed by atoms with E-state index in [0.717, 1.165) is 56.6 Å². The molecule has 0 spiro atoms. The molecule has 2 amide bonds. The number of urea groups is 1. The molecule has 6 heteroatoms. The molecule has 1 unspecified atom stereocenters. The third-order valence-electron chi connectivity index (χ3n) is 5.01. The highest BCUT2D eigenvalue weighted by atomic mass is 16.5. The summed E-state index contributed by atoms with van der Waals surface area (Å²) in [4.78, 5) is 14.6. The summed E-state index contributed by atoms with van der Waals surface area (Å²) in [6, 6.07) is 5.37. The zero-order valence-electron chi connectivity index (χ0n) is 15.2. The Morgan fingerprint density at radius 1 is 1.44 bits per heavy atom. The molecule has 1 aromatic carbocycles. The Kier molecular flexibility index (Phi) is 5.49. The van der Waals surface area contributed by atoms with Crippen LogP contribution in [-0.4, -0.2) is 54.4 Å². The van der Waals surface area contributed by atoms with Crippen molar-refractivity contribution >= 4 is 6.03 Å². The molecule has 1 atom stereocenters. The first-order valence-electron chi connectivity index (χ1n) is 9.16. The summed E-state index contributed by atoms with van der Waals surface area (Å²) in [6.07, 6.45) is 2.74. The fourth-order valence-corrected chi connectivity index (χ4v) is 3.82. The van der Waals surface area contributed by atoms with Gasteiger partial charge in [-0.15, -0.1) is 0 Å². The largest absolute Gasteiger partial charge is 0.508 e. The van der Waals surface area contributed by atoms with Crippen molar-refractivity contribution < 1.29 is 14.6 Å². The molecule has 6 nitrogen and oxygen atoms in total. The van der Waals surface area contributed by atoms with Crippen LogP contribution in [0, 0.1) is 0 Å². The number of hydrogen-bond donors (Lipinski definition) is 3. The van der Waals surface area contributed by atoms with Crippen LogP contribution in [0.15, 0.2) is 18.2 Å². The molecule has 1 fully saturated rings. The number of hydrogen-bond acceptors (Lipinski definition) is 4. The molecule has 0 radical (unpaired) electrons. The van der Waals surface area contributed by atoms with Crippen molar-refractivity contribution in [3.05, 3.63) is 29.3 Å². The van der Waals surface area contributed by atoms with Gasteiger partial charge in [-0.05, 0) is 50.3 Å². The maximum atomic E-state index is 12.2. The minimum atomic E-state index is -0.145. The van der Waals surface area contributed by atoms with Crippen LogP contribution in [0.25, 0.3) is 0 Å². The Balaban J connectivity index is 1.47. The van der Waals surface area contributed by atoms with Crippen molar-refractivity contribution in [3.63, 3.8) is 0 Å². The quantitative estimate of drug-likeness (QED) is 0.780. The maximum absolute atomic E-state index is 12.2. The summed E-state index contributed by atoms with van der Waals surface area (Å²) >= 11 is 0. The standard InChI is InChI=1S/C19H29N3O3/c1-19(2)13-22(11-12-25-19)10-9-20-18(24)21-16-7-3-6-15-14(16)5-4-8-17(15)23/h4-5,8,16,23H,3,6-7,9-13H2,1-2H3,(H2,20,21,24). The molecule has 2 aliphatic rings. The Bertz CT molecular complexity index is 618. The van der Waals surface area contributed by atoms with E-state index in [1.54, 1.807) is 6.07 Å². The minimum Gasteiger partial charge on any atom is -0.508 e. The number of ether oxygens (including phenoxy) is 1. The fraction of sp³-hybridized carbons (Fsp3) is 0.632. The number of phenols is 1. The average molecular weight is 347 g/mol. The average Bonchev–Trinajstić information content (AvgIpc) is 2.55. The van der Waals surface area contributed by atoms with Gasteiger partial charge in [0.05, 0.1) is 18.2 Å². The first-order valence-corrected chi connectivity index (χ1v) is 9.16. The predicted octanol–water partition coefficient (Wildman–Crippen LogP) is 2.18. The van der Waals surface area contributed by atoms with Crippen molar-refractivity contribution in [2.24, 2.45) is 0 Å². The van der Waals surface area contributed by atoms with Crippen molar-refractivity contribution in [1.82, 2.24) is 15.5 Å². The second-order valence-corrected chi connectivity index (χ2v) is 7.57. The SMILES string of the molecule is CC1(C)CN(CCNC(=O)NC2CCCc3c(O)cccc32)CCO1. The number of morpholine rings is 1. The molecule has 1 aromatic rings. The van der Waals surface area contributed by atoms with Gasteiger partial charge >= 0.3 is 6.03 Å². The van der Waals surface area contributed by atoms with Gasteiger partial charge in [0, 0.05) is 26.2 Å². The molecule has 3 N–H and O–H groups in total. The van der Waals surface area contributed by atoms with Crippen molar-refractivity contribution in [2.75, 3.05) is 32.8 Å². The van der Waals surface area contributed by atoms with Gasteiger partial charge in [0.1, 0.15) is 5.75 Å². The highest BCUT2D eigenvalue weighted by molar-refractivity contribution is 5.74. The number of carbonyl (C=O) groups excluding carboxylic acids is 1. The van der Waals surface area contributed by atoms with E-state index in [-0.39, 0.29) is 17.7 Å². The van der Waals surface area contributed by atoms with E-state index in [9.17, 15) is 9.90 Å². The van der Waals surface area contributed by atoms with Crippen LogP contribution in [-0.2, 0) is 11.2 Å². The molecule has 1 aliphatic carbocycles. The zero-order valence-corrected chi connectivity index (χ0v) is 15.2. The van der Waals surface area contributed by atoms with Crippen molar-refractivity contribution in [1.29, 1.82) is 0 Å². The Hall–Kier alpha value is -1.79. The van der Waals surface area contributed by atoms with Gasteiger partial charge in [0.2, 0.25) is 0 Å². The molecule has 25 heavy (non-hydrogen) atoms. The van der Waals surface area contributed by atoms with Crippen molar-refractivity contribution in [3.8, 4) is 5.75 Å². The molecule has 1 heterocycles. The van der Waals surface area contributed by atoms with Gasteiger partial charge in [-0.2, -0.15) is 0 Å². The smallest absolute Gasteiger partial charge is 0.315 e. The molecule has 0 saturated carbocycles. The van der Waals surface area contributed by atoms with Crippen LogP contribution in [0.5, 0.6) is 5.75 Å². The number of carbonyl (C=O) groups is 1. The number of aromatic hydroxyl groups is 1. The van der Waals surface area contributed by atoms with E-state index in [4.69, 9.17) is 4.74 Å². The maximum Gasteiger partial charge on any atom is 0.315 e. The normalized spacial score (nSPS) is 22.9. The number of rotatable bonds is 4. The number of nitrogens with one attached hydrogen (secondary N) is 2. The second-order valence-electron chi connectivity index (χ2n) is 7.57. The van der Waals surface area contributed by atoms with Crippen LogP contribution in [0.3, 0.4) is 0 Å². The molecule has 3 rings (SSSR count). The summed E-state index contributed by atoms with van der Waals surface area (Å²) in [5.41, 5.74) is 1.89. The molecular formula is C19H29N3O3. The fourth-order valence-electron chi connectivity index (χ4n) is 3.82. The van der Waals surface area contributed by atoms with Crippen LogP contribution >= 0.6 is 0 Å². The summed E-state index contributed by atoms with van der Waals surface area (Å²) in [5.74, 6) is 0.333. The third-order valence-corrected chi connectivity index (χ3v) is 5.01. The summed E-state index contributed by atoms with van der Waals surface area (Å²) in [5, 5.41) is 16.0. The van der Waals surface area contributed by atoms with Crippen LogP contribution < -0.4 is 10.6 Å². The lowest BCUT2D eigenvalue weighted by Crippen LogP contribution is -2.50. The third kappa shape index (κ3) is 4.64. The highest BCUT2D eigenvalue weighted by Gasteiger charge is 2.27. The van der Waals surface area contributed by atoms with Crippen LogP contribution in [0.4, 0.5) is 4.79 Å². The lowest BCUT2D eigenvalue weighted by atomic mass is 9.87. The van der Waals surface area contributed by atoms with Gasteiger partial charge in [-0.1, -0.05) is 12.1 Å². The van der Waals surface area contributed by atoms with E-state index in [2.05, 4.69) is 29.4 Å². The molecule has 1 saturated heterocycles. The van der Waals surface area contributed by atoms with Gasteiger partial charge in [0.15, 0.2) is 0 Å². The minimum absolute atomic E-state index is 0.0295.